The lowest BCUT2D eigenvalue weighted by atomic mass is 10.0. The molecule has 0 fully saturated rings. The summed E-state index contributed by atoms with van der Waals surface area (Å²) >= 11 is 0. The Balaban J connectivity index is 5.25. The molecule has 17 nitrogen and oxygen atoms in total. The van der Waals surface area contributed by atoms with Crippen molar-refractivity contribution < 1.29 is 80.2 Å². The fourth-order valence-corrected chi connectivity index (χ4v) is 13.3. The fraction of sp³-hybridized carbons (Fsp3) is 0.900. The van der Waals surface area contributed by atoms with Crippen molar-refractivity contribution in [2.75, 3.05) is 39.6 Å². The van der Waals surface area contributed by atoms with Gasteiger partial charge in [-0.2, -0.15) is 0 Å². The first-order valence-corrected chi connectivity index (χ1v) is 43.7. The molecule has 584 valence electrons. The van der Waals surface area contributed by atoms with Crippen molar-refractivity contribution in [2.24, 2.45) is 17.8 Å². The van der Waals surface area contributed by atoms with Crippen molar-refractivity contribution in [1.82, 2.24) is 0 Å². The van der Waals surface area contributed by atoms with E-state index in [0.717, 1.165) is 121 Å². The van der Waals surface area contributed by atoms with Crippen LogP contribution in [0.5, 0.6) is 0 Å². The summed E-state index contributed by atoms with van der Waals surface area (Å²) in [7, 11) is -9.93. The summed E-state index contributed by atoms with van der Waals surface area (Å²) in [5.74, 6) is 0.131. The minimum absolute atomic E-state index is 0.0850. The smallest absolute Gasteiger partial charge is 0.462 e. The minimum atomic E-state index is -4.97. The summed E-state index contributed by atoms with van der Waals surface area (Å²) in [6, 6.07) is 0. The van der Waals surface area contributed by atoms with Crippen molar-refractivity contribution in [3.8, 4) is 0 Å². The molecule has 0 rings (SSSR count). The number of aliphatic hydroxyl groups excluding tert-OH is 1. The van der Waals surface area contributed by atoms with Crippen molar-refractivity contribution in [3.63, 3.8) is 0 Å². The van der Waals surface area contributed by atoms with Crippen molar-refractivity contribution in [3.05, 3.63) is 24.3 Å². The molecule has 0 heterocycles. The first-order chi connectivity index (χ1) is 47.7. The lowest BCUT2D eigenvalue weighted by Crippen LogP contribution is -2.30. The third-order valence-corrected chi connectivity index (χ3v) is 19.9. The highest BCUT2D eigenvalue weighted by atomic mass is 31.2. The summed E-state index contributed by atoms with van der Waals surface area (Å²) in [5.41, 5.74) is 0. The van der Waals surface area contributed by atoms with E-state index in [-0.39, 0.29) is 25.7 Å². The van der Waals surface area contributed by atoms with E-state index in [9.17, 15) is 43.2 Å². The quantitative estimate of drug-likeness (QED) is 0.0169. The number of unbranched alkanes of at least 4 members (excludes halogenated alkanes) is 41. The van der Waals surface area contributed by atoms with Crippen LogP contribution in [-0.4, -0.2) is 96.7 Å². The maximum Gasteiger partial charge on any atom is 0.472 e. The maximum absolute atomic E-state index is 13.1. The zero-order valence-electron chi connectivity index (χ0n) is 64.4. The van der Waals surface area contributed by atoms with Gasteiger partial charge in [-0.1, -0.05) is 336 Å². The van der Waals surface area contributed by atoms with Crippen molar-refractivity contribution >= 4 is 39.5 Å². The van der Waals surface area contributed by atoms with Crippen LogP contribution in [0.2, 0.25) is 0 Å². The summed E-state index contributed by atoms with van der Waals surface area (Å²) < 4.78 is 68.6. The number of phosphoric ester groups is 2. The lowest BCUT2D eigenvalue weighted by molar-refractivity contribution is -0.161. The van der Waals surface area contributed by atoms with E-state index >= 15 is 0 Å². The first-order valence-electron chi connectivity index (χ1n) is 40.7. The third-order valence-electron chi connectivity index (χ3n) is 18.0. The number of phosphoric acid groups is 2. The number of allylic oxidation sites excluding steroid dienone is 4. The molecule has 3 N–H and O–H groups in total. The highest BCUT2D eigenvalue weighted by Crippen LogP contribution is 2.45. The van der Waals surface area contributed by atoms with Gasteiger partial charge in [0.2, 0.25) is 0 Å². The molecule has 0 spiro atoms. The summed E-state index contributed by atoms with van der Waals surface area (Å²) in [6.07, 6.45) is 60.6. The molecule has 0 aliphatic rings. The second kappa shape index (κ2) is 69.9. The lowest BCUT2D eigenvalue weighted by Gasteiger charge is -2.21. The van der Waals surface area contributed by atoms with Crippen LogP contribution < -0.4 is 0 Å². The van der Waals surface area contributed by atoms with Gasteiger partial charge in [0, 0.05) is 25.7 Å². The third kappa shape index (κ3) is 73.6. The molecule has 0 amide bonds. The predicted molar refractivity (Wildman–Crippen MR) is 404 cm³/mol. The predicted octanol–water partition coefficient (Wildman–Crippen LogP) is 23.3. The molecule has 0 saturated heterocycles. The number of hydrogen-bond donors (Lipinski definition) is 3. The zero-order chi connectivity index (χ0) is 73.0. The minimum Gasteiger partial charge on any atom is -0.462 e. The number of aliphatic hydroxyl groups is 1. The molecule has 0 aromatic heterocycles. The molecular weight excluding hydrogens is 1290 g/mol. The molecule has 5 atom stereocenters. The molecule has 0 aromatic rings. The molecule has 0 aromatic carbocycles. The van der Waals surface area contributed by atoms with Gasteiger partial charge in [0.1, 0.15) is 19.3 Å². The number of esters is 4. The van der Waals surface area contributed by atoms with Crippen LogP contribution in [0, 0.1) is 17.8 Å². The Morgan fingerprint density at radius 1 is 0.313 bits per heavy atom. The van der Waals surface area contributed by atoms with Gasteiger partial charge < -0.3 is 33.8 Å². The first kappa shape index (κ1) is 96.5. The summed E-state index contributed by atoms with van der Waals surface area (Å²) in [6.45, 7) is 11.8. The van der Waals surface area contributed by atoms with Crippen LogP contribution in [0.25, 0.3) is 0 Å². The van der Waals surface area contributed by atoms with Crippen LogP contribution >= 0.6 is 15.6 Å². The maximum atomic E-state index is 13.1. The van der Waals surface area contributed by atoms with Gasteiger partial charge in [0.05, 0.1) is 26.4 Å². The Hall–Kier alpha value is -2.46. The van der Waals surface area contributed by atoms with Gasteiger partial charge in [0.25, 0.3) is 0 Å². The second-order valence-electron chi connectivity index (χ2n) is 29.5. The van der Waals surface area contributed by atoms with Crippen molar-refractivity contribution in [2.45, 2.75) is 407 Å². The van der Waals surface area contributed by atoms with E-state index in [1.165, 1.54) is 180 Å². The molecule has 0 aliphatic heterocycles. The number of ether oxygens (including phenoxy) is 4. The van der Waals surface area contributed by atoms with Crippen LogP contribution in [0.1, 0.15) is 389 Å². The Morgan fingerprint density at radius 2 is 0.545 bits per heavy atom. The molecule has 0 aliphatic carbocycles. The molecule has 0 saturated carbocycles. The number of hydrogen-bond acceptors (Lipinski definition) is 15. The van der Waals surface area contributed by atoms with Gasteiger partial charge in [-0.3, -0.25) is 37.3 Å². The Morgan fingerprint density at radius 3 is 0.818 bits per heavy atom. The Kier molecular flexibility index (Phi) is 68.1. The van der Waals surface area contributed by atoms with E-state index in [2.05, 4.69) is 72.8 Å². The molecule has 0 radical (unpaired) electrons. The van der Waals surface area contributed by atoms with Gasteiger partial charge in [-0.05, 0) is 69.1 Å². The molecule has 19 heteroatoms. The average Bonchev–Trinajstić information content (AvgIpc) is 1.08. The SMILES string of the molecule is CCCCCC/C=C\C=C/CCCCCCCC(=O)O[C@H](COC(=O)CCCCCCCCCCCCCCCCC(C)C)COP(=O)(O)OCC(O)COP(=O)(O)OC[C@@H](COC(=O)CCCCCCCCC(C)C)OC(=O)CCCCCCCCCCCCCCCCCC(C)C. The molecule has 0 bridgehead atoms. The van der Waals surface area contributed by atoms with Crippen molar-refractivity contribution in [1.29, 1.82) is 0 Å². The topological polar surface area (TPSA) is 237 Å². The van der Waals surface area contributed by atoms with E-state index in [1.54, 1.807) is 0 Å². The Labute approximate surface area is 605 Å². The second-order valence-corrected chi connectivity index (χ2v) is 32.5. The van der Waals surface area contributed by atoms with Gasteiger partial charge in [0.15, 0.2) is 12.2 Å². The standard InChI is InChI=1S/C80H152O17P2/c1-8-9-10-11-12-13-14-15-17-25-30-35-40-49-56-63-79(84)96-75(67-90-77(82)61-54-47-39-34-29-24-21-20-23-28-33-38-45-52-59-72(4)5)69-94-98(86,87)92-65-74(81)66-93-99(88,89)95-70-76(68-91-78(83)62-55-48-43-42-46-53-60-73(6)7)97-80(85)64-57-50-41-36-31-26-19-16-18-22-27-32-37-44-51-58-71(2)3/h13-15,17,71-76,81H,8-12,16,18-70H2,1-7H3,(H,86,87)(H,88,89)/b14-13-,17-15-/t74?,75-,76-/m1/s1. The molecule has 99 heavy (non-hydrogen) atoms. The zero-order valence-corrected chi connectivity index (χ0v) is 66.2. The highest BCUT2D eigenvalue weighted by molar-refractivity contribution is 7.47. The van der Waals surface area contributed by atoms with E-state index in [1.807, 2.05) is 0 Å². The monoisotopic (exact) mass is 1450 g/mol. The van der Waals surface area contributed by atoms with Gasteiger partial charge in [-0.15, -0.1) is 0 Å². The van der Waals surface area contributed by atoms with E-state index in [0.29, 0.717) is 31.6 Å². The van der Waals surface area contributed by atoms with Gasteiger partial charge >= 0.3 is 39.5 Å². The normalized spacial score (nSPS) is 14.2. The number of carbonyl (C=O) groups excluding carboxylic acids is 4. The highest BCUT2D eigenvalue weighted by Gasteiger charge is 2.30. The molecular formula is C80H152O17P2. The fourth-order valence-electron chi connectivity index (χ4n) is 11.8. The van der Waals surface area contributed by atoms with Crippen LogP contribution in [0.4, 0.5) is 0 Å². The van der Waals surface area contributed by atoms with Crippen LogP contribution in [-0.2, 0) is 65.4 Å². The van der Waals surface area contributed by atoms with E-state index in [4.69, 9.17) is 37.0 Å². The number of carbonyl (C=O) groups is 4. The summed E-state index contributed by atoms with van der Waals surface area (Å²) in [5, 5.41) is 10.6. The van der Waals surface area contributed by atoms with Gasteiger partial charge in [-0.25, -0.2) is 9.13 Å². The van der Waals surface area contributed by atoms with Crippen LogP contribution in [0.15, 0.2) is 24.3 Å². The van der Waals surface area contributed by atoms with E-state index < -0.39 is 97.5 Å². The molecule has 3 unspecified atom stereocenters. The van der Waals surface area contributed by atoms with Crippen LogP contribution in [0.3, 0.4) is 0 Å². The average molecular weight is 1450 g/mol. The number of rotatable bonds is 76. The summed E-state index contributed by atoms with van der Waals surface area (Å²) in [4.78, 5) is 72.9. The largest absolute Gasteiger partial charge is 0.472 e. The Bertz CT molecular complexity index is 2020.